The number of piperazine rings is 1. The average Bonchev–Trinajstić information content (AvgIpc) is 3.52. The monoisotopic (exact) mass is 645 g/mol. The zero-order valence-corrected chi connectivity index (χ0v) is 27.3. The number of likely N-dealkylation sites (N-methyl/N-ethyl adjacent to an activating group) is 1. The number of carbonyl (C=O) groups excluding carboxylic acids is 3. The van der Waals surface area contributed by atoms with Gasteiger partial charge in [0.1, 0.15) is 12.4 Å². The molecule has 48 heavy (non-hydrogen) atoms. The SMILES string of the molecule is CC(=O)OCc1cccc(Nc2nc[nH]c3c(C(=O)Nc4cc(NC(=O)c5ccc(CN6CCN(C)CC6)cc5)ccc4C)ccc2-3)c1. The number of aromatic nitrogens is 2. The average molecular weight is 646 g/mol. The Morgan fingerprint density at radius 2 is 1.65 bits per heavy atom. The zero-order chi connectivity index (χ0) is 33.6. The number of benzene rings is 3. The van der Waals surface area contributed by atoms with Crippen LogP contribution in [-0.4, -0.2) is 70.8 Å². The van der Waals surface area contributed by atoms with Crippen LogP contribution in [0.2, 0.25) is 0 Å². The van der Waals surface area contributed by atoms with Gasteiger partial charge in [0.2, 0.25) is 0 Å². The largest absolute Gasteiger partial charge is 0.461 e. The van der Waals surface area contributed by atoms with Gasteiger partial charge in [-0.2, -0.15) is 0 Å². The highest BCUT2D eigenvalue weighted by Crippen LogP contribution is 2.33. The summed E-state index contributed by atoms with van der Waals surface area (Å²) in [5, 5.41) is 9.27. The number of carbonyl (C=O) groups is 3. The molecule has 3 aromatic rings. The molecule has 3 aromatic carbocycles. The van der Waals surface area contributed by atoms with E-state index in [1.807, 2.05) is 73.7 Å². The minimum atomic E-state index is -0.345. The number of H-pyrrole nitrogens is 1. The molecule has 4 N–H and O–H groups in total. The number of nitrogens with zero attached hydrogens (tertiary/aromatic N) is 3. The van der Waals surface area contributed by atoms with Gasteiger partial charge in [-0.1, -0.05) is 30.3 Å². The van der Waals surface area contributed by atoms with Crippen molar-refractivity contribution in [2.75, 3.05) is 49.2 Å². The van der Waals surface area contributed by atoms with Crippen LogP contribution >= 0.6 is 0 Å². The van der Waals surface area contributed by atoms with Crippen molar-refractivity contribution in [2.24, 2.45) is 0 Å². The Morgan fingerprint density at radius 1 is 0.854 bits per heavy atom. The van der Waals surface area contributed by atoms with Gasteiger partial charge in [0.15, 0.2) is 0 Å². The highest BCUT2D eigenvalue weighted by atomic mass is 16.5. The number of amides is 2. The van der Waals surface area contributed by atoms with Crippen molar-refractivity contribution in [3.05, 3.63) is 113 Å². The predicted molar refractivity (Wildman–Crippen MR) is 187 cm³/mol. The lowest BCUT2D eigenvalue weighted by Gasteiger charge is -2.32. The van der Waals surface area contributed by atoms with Crippen LogP contribution in [-0.2, 0) is 22.7 Å². The molecule has 11 nitrogen and oxygen atoms in total. The molecule has 246 valence electrons. The summed E-state index contributed by atoms with van der Waals surface area (Å²) in [6.07, 6.45) is 1.53. The van der Waals surface area contributed by atoms with Crippen LogP contribution in [0.1, 0.15) is 44.3 Å². The second-order valence-corrected chi connectivity index (χ2v) is 12.1. The van der Waals surface area contributed by atoms with E-state index in [0.717, 1.165) is 55.1 Å². The summed E-state index contributed by atoms with van der Waals surface area (Å²) in [6.45, 7) is 8.52. The van der Waals surface area contributed by atoms with E-state index in [1.165, 1.54) is 18.8 Å². The lowest BCUT2D eigenvalue weighted by molar-refractivity contribution is -0.142. The quantitative estimate of drug-likeness (QED) is 0.139. The van der Waals surface area contributed by atoms with Crippen molar-refractivity contribution < 1.29 is 19.1 Å². The molecular formula is C37H39N7O4. The molecule has 1 fully saturated rings. The summed E-state index contributed by atoms with van der Waals surface area (Å²) in [6, 6.07) is 24.2. The molecule has 6 rings (SSSR count). The minimum Gasteiger partial charge on any atom is -0.461 e. The van der Waals surface area contributed by atoms with E-state index in [1.54, 1.807) is 12.1 Å². The van der Waals surface area contributed by atoms with Crippen LogP contribution in [0, 0.1) is 6.92 Å². The highest BCUT2D eigenvalue weighted by molar-refractivity contribution is 6.10. The first kappa shape index (κ1) is 32.4. The Kier molecular flexibility index (Phi) is 9.79. The van der Waals surface area contributed by atoms with Gasteiger partial charge < -0.3 is 30.6 Å². The molecule has 0 spiro atoms. The second-order valence-electron chi connectivity index (χ2n) is 12.1. The number of rotatable bonds is 10. The number of aryl methyl sites for hydroxylation is 1. The maximum absolute atomic E-state index is 13.5. The third kappa shape index (κ3) is 7.88. The number of aromatic amines is 1. The van der Waals surface area contributed by atoms with Crippen LogP contribution in [0.3, 0.4) is 0 Å². The smallest absolute Gasteiger partial charge is 0.302 e. The van der Waals surface area contributed by atoms with Crippen LogP contribution in [0.4, 0.5) is 22.9 Å². The van der Waals surface area contributed by atoms with Gasteiger partial charge in [0.25, 0.3) is 11.8 Å². The molecule has 1 saturated heterocycles. The fraction of sp³-hybridized carbons (Fsp3) is 0.243. The van der Waals surface area contributed by atoms with Crippen molar-refractivity contribution in [2.45, 2.75) is 27.0 Å². The van der Waals surface area contributed by atoms with E-state index in [4.69, 9.17) is 4.74 Å². The molecule has 0 bridgehead atoms. The van der Waals surface area contributed by atoms with Crippen molar-refractivity contribution in [3.8, 4) is 11.3 Å². The Labute approximate surface area is 279 Å². The predicted octanol–water partition coefficient (Wildman–Crippen LogP) is 5.88. The first-order chi connectivity index (χ1) is 23.2. The number of hydrogen-bond donors (Lipinski definition) is 4. The van der Waals surface area contributed by atoms with Crippen molar-refractivity contribution in [3.63, 3.8) is 0 Å². The molecular weight excluding hydrogens is 606 g/mol. The number of fused-ring (bicyclic) bond motifs is 1. The minimum absolute atomic E-state index is 0.172. The Balaban J connectivity index is 1.09. The van der Waals surface area contributed by atoms with Gasteiger partial charge in [-0.05, 0) is 79.2 Å². The first-order valence-electron chi connectivity index (χ1n) is 15.9. The maximum atomic E-state index is 13.5. The van der Waals surface area contributed by atoms with Crippen LogP contribution in [0.5, 0.6) is 0 Å². The molecule has 2 amide bonds. The zero-order valence-electron chi connectivity index (χ0n) is 27.3. The van der Waals surface area contributed by atoms with Crippen LogP contribution in [0.15, 0.2) is 85.2 Å². The Morgan fingerprint density at radius 3 is 2.42 bits per heavy atom. The number of hydrogen-bond acceptors (Lipinski definition) is 8. The topological polar surface area (TPSA) is 132 Å². The van der Waals surface area contributed by atoms with Crippen molar-refractivity contribution >= 4 is 40.7 Å². The van der Waals surface area contributed by atoms with Crippen molar-refractivity contribution in [1.82, 2.24) is 19.8 Å². The number of nitrogens with one attached hydrogen (secondary N) is 4. The van der Waals surface area contributed by atoms with Gasteiger partial charge in [-0.25, -0.2) is 4.98 Å². The third-order valence-corrected chi connectivity index (χ3v) is 8.45. The first-order valence-corrected chi connectivity index (χ1v) is 15.9. The van der Waals surface area contributed by atoms with Gasteiger partial charge >= 0.3 is 5.97 Å². The molecule has 11 heteroatoms. The maximum Gasteiger partial charge on any atom is 0.302 e. The van der Waals surface area contributed by atoms with Gasteiger partial charge in [-0.3, -0.25) is 19.3 Å². The molecule has 0 aromatic heterocycles. The van der Waals surface area contributed by atoms with E-state index in [-0.39, 0.29) is 24.4 Å². The van der Waals surface area contributed by atoms with E-state index >= 15 is 0 Å². The molecule has 0 radical (unpaired) electrons. The Hall–Kier alpha value is -5.52. The molecule has 1 aliphatic carbocycles. The van der Waals surface area contributed by atoms with E-state index in [2.05, 4.69) is 42.8 Å². The molecule has 3 aliphatic rings. The molecule has 0 saturated carbocycles. The van der Waals surface area contributed by atoms with Gasteiger partial charge in [0.05, 0.1) is 17.6 Å². The van der Waals surface area contributed by atoms with Crippen molar-refractivity contribution in [1.29, 1.82) is 0 Å². The molecule has 2 aliphatic heterocycles. The Bertz CT molecular complexity index is 1890. The number of anilines is 4. The van der Waals surface area contributed by atoms with E-state index < -0.39 is 0 Å². The molecule has 0 unspecified atom stereocenters. The lowest BCUT2D eigenvalue weighted by atomic mass is 10.1. The highest BCUT2D eigenvalue weighted by Gasteiger charge is 2.21. The fourth-order valence-corrected chi connectivity index (χ4v) is 5.66. The molecule has 2 heterocycles. The summed E-state index contributed by atoms with van der Waals surface area (Å²) in [5.74, 6) is -0.296. The van der Waals surface area contributed by atoms with Gasteiger partial charge in [0, 0.05) is 67.8 Å². The summed E-state index contributed by atoms with van der Waals surface area (Å²) in [7, 11) is 2.14. The summed E-state index contributed by atoms with van der Waals surface area (Å²) in [5.41, 5.74) is 7.17. The second kappa shape index (κ2) is 14.5. The van der Waals surface area contributed by atoms with E-state index in [0.29, 0.717) is 34.0 Å². The summed E-state index contributed by atoms with van der Waals surface area (Å²) < 4.78 is 5.11. The lowest BCUT2D eigenvalue weighted by Crippen LogP contribution is -2.43. The van der Waals surface area contributed by atoms with Crippen LogP contribution < -0.4 is 16.0 Å². The normalized spacial score (nSPS) is 13.6. The number of esters is 1. The van der Waals surface area contributed by atoms with E-state index in [9.17, 15) is 14.4 Å². The standard InChI is InChI=1S/C37H39N7O4/c1-24-7-12-30(41-36(46)28-10-8-26(9-11-28)21-44-17-15-43(3)16-18-44)20-33(24)42-37(47)32-14-13-31-34(32)38-23-39-35(31)40-29-6-4-5-27(19-29)22-48-25(2)45/h4-14,19-20,23,40H,15-18,21-22H2,1-3H3,(H,38,39)(H,41,46)(H,42,47). The third-order valence-electron chi connectivity index (χ3n) is 8.45. The summed E-state index contributed by atoms with van der Waals surface area (Å²) >= 11 is 0. The summed E-state index contributed by atoms with van der Waals surface area (Å²) in [4.78, 5) is 50.1. The van der Waals surface area contributed by atoms with Crippen LogP contribution in [0.25, 0.3) is 11.3 Å². The number of ether oxygens (including phenoxy) is 1. The molecule has 0 atom stereocenters. The fourth-order valence-electron chi connectivity index (χ4n) is 5.66. The van der Waals surface area contributed by atoms with Gasteiger partial charge in [-0.15, -0.1) is 0 Å².